The van der Waals surface area contributed by atoms with Crippen molar-refractivity contribution in [3.8, 4) is 0 Å². The zero-order chi connectivity index (χ0) is 8.97. The summed E-state index contributed by atoms with van der Waals surface area (Å²) < 4.78 is 8.74. The van der Waals surface area contributed by atoms with E-state index in [1.54, 1.807) is 0 Å². The van der Waals surface area contributed by atoms with Crippen LogP contribution in [0.4, 0.5) is 0 Å². The zero-order valence-electron chi connectivity index (χ0n) is 6.44. The molecule has 0 aromatic carbocycles. The summed E-state index contributed by atoms with van der Waals surface area (Å²) in [5.74, 6) is -0.927. The van der Waals surface area contributed by atoms with Crippen molar-refractivity contribution < 1.29 is 18.8 Å². The van der Waals surface area contributed by atoms with E-state index in [2.05, 4.69) is 14.4 Å². The minimum atomic E-state index is -0.568. The summed E-state index contributed by atoms with van der Waals surface area (Å²) in [6.07, 6.45) is 2.16. The normalized spacial score (nSPS) is 9.42. The van der Waals surface area contributed by atoms with E-state index >= 15 is 0 Å². The van der Waals surface area contributed by atoms with Gasteiger partial charge in [-0.2, -0.15) is 0 Å². The van der Waals surface area contributed by atoms with Crippen LogP contribution in [0.3, 0.4) is 0 Å². The van der Waals surface area contributed by atoms with Gasteiger partial charge in [-0.1, -0.05) is 5.16 Å². The molecule has 0 spiro atoms. The molecular formula is C7H7NO4. The van der Waals surface area contributed by atoms with E-state index in [9.17, 15) is 9.59 Å². The number of ketones is 1. The number of esters is 1. The Labute approximate surface area is 68.3 Å². The molecule has 1 heterocycles. The lowest BCUT2D eigenvalue weighted by Crippen LogP contribution is -2.08. The molecule has 0 unspecified atom stereocenters. The maximum Gasteiger partial charge on any atom is 0.313 e. The topological polar surface area (TPSA) is 69.4 Å². The van der Waals surface area contributed by atoms with Gasteiger partial charge in [-0.05, 0) is 0 Å². The molecule has 0 bridgehead atoms. The van der Waals surface area contributed by atoms with Crippen LogP contribution in [0, 0.1) is 0 Å². The van der Waals surface area contributed by atoms with Gasteiger partial charge in [-0.15, -0.1) is 0 Å². The highest BCUT2D eigenvalue weighted by Crippen LogP contribution is 2.01. The van der Waals surface area contributed by atoms with Gasteiger partial charge in [0.05, 0.1) is 18.9 Å². The van der Waals surface area contributed by atoms with Crippen molar-refractivity contribution in [3.05, 3.63) is 18.0 Å². The number of rotatable bonds is 3. The van der Waals surface area contributed by atoms with Gasteiger partial charge in [-0.3, -0.25) is 9.59 Å². The molecule has 0 saturated heterocycles. The first-order valence-corrected chi connectivity index (χ1v) is 3.23. The Balaban J connectivity index is 2.56. The second-order valence-electron chi connectivity index (χ2n) is 2.09. The second-order valence-corrected chi connectivity index (χ2v) is 2.09. The molecule has 1 aromatic rings. The summed E-state index contributed by atoms with van der Waals surface area (Å²) in [5, 5.41) is 3.33. The van der Waals surface area contributed by atoms with Gasteiger partial charge in [0.2, 0.25) is 0 Å². The quantitative estimate of drug-likeness (QED) is 0.372. The molecule has 1 rings (SSSR count). The Bertz CT molecular complexity index is 278. The molecule has 0 saturated carbocycles. The molecule has 64 valence electrons. The van der Waals surface area contributed by atoms with Gasteiger partial charge >= 0.3 is 5.97 Å². The van der Waals surface area contributed by atoms with E-state index in [0.717, 1.165) is 0 Å². The van der Waals surface area contributed by atoms with Crippen LogP contribution in [0.5, 0.6) is 0 Å². The smallest absolute Gasteiger partial charge is 0.313 e. The van der Waals surface area contributed by atoms with Gasteiger partial charge in [0, 0.05) is 0 Å². The average molecular weight is 169 g/mol. The van der Waals surface area contributed by atoms with Crippen LogP contribution in [-0.2, 0) is 9.53 Å². The molecule has 5 heteroatoms. The maximum atomic E-state index is 11.1. The predicted molar refractivity (Wildman–Crippen MR) is 37.5 cm³/mol. The molecule has 0 N–H and O–H groups in total. The number of methoxy groups -OCH3 is 1. The van der Waals surface area contributed by atoms with Crippen LogP contribution >= 0.6 is 0 Å². The maximum absolute atomic E-state index is 11.1. The monoisotopic (exact) mass is 169 g/mol. The number of ether oxygens (including phenoxy) is 1. The largest absolute Gasteiger partial charge is 0.469 e. The van der Waals surface area contributed by atoms with Crippen molar-refractivity contribution in [1.29, 1.82) is 0 Å². The third-order valence-corrected chi connectivity index (χ3v) is 1.29. The number of Topliss-reactive ketones (excluding diaryl/α,β-unsaturated/α-hetero) is 1. The zero-order valence-corrected chi connectivity index (χ0v) is 6.44. The summed E-state index contributed by atoms with van der Waals surface area (Å²) in [5.41, 5.74) is 0.278. The van der Waals surface area contributed by atoms with Crippen molar-refractivity contribution in [2.75, 3.05) is 7.11 Å². The van der Waals surface area contributed by atoms with Gasteiger partial charge in [-0.25, -0.2) is 0 Å². The fraction of sp³-hybridized carbons (Fsp3) is 0.286. The van der Waals surface area contributed by atoms with Crippen molar-refractivity contribution in [3.63, 3.8) is 0 Å². The Morgan fingerprint density at radius 3 is 2.92 bits per heavy atom. The molecule has 5 nitrogen and oxygen atoms in total. The fourth-order valence-corrected chi connectivity index (χ4v) is 0.648. The number of nitrogens with zero attached hydrogens (tertiary/aromatic N) is 1. The number of hydrogen-bond donors (Lipinski definition) is 0. The molecule has 0 aliphatic carbocycles. The van der Waals surface area contributed by atoms with Crippen LogP contribution < -0.4 is 0 Å². The Morgan fingerprint density at radius 2 is 2.42 bits per heavy atom. The molecular weight excluding hydrogens is 162 g/mol. The number of hydrogen-bond acceptors (Lipinski definition) is 5. The predicted octanol–water partition coefficient (Wildman–Crippen LogP) is 0.420. The van der Waals surface area contributed by atoms with E-state index < -0.39 is 5.97 Å². The van der Waals surface area contributed by atoms with Crippen molar-refractivity contribution in [2.45, 2.75) is 6.42 Å². The van der Waals surface area contributed by atoms with Crippen LogP contribution in [0.15, 0.2) is 17.0 Å². The SMILES string of the molecule is COC(=O)CC(=O)c1cnoc1. The highest BCUT2D eigenvalue weighted by Gasteiger charge is 2.12. The first kappa shape index (κ1) is 8.45. The second kappa shape index (κ2) is 3.66. The molecule has 1 aromatic heterocycles. The summed E-state index contributed by atoms with van der Waals surface area (Å²) in [7, 11) is 1.23. The Morgan fingerprint density at radius 1 is 1.67 bits per heavy atom. The van der Waals surface area contributed by atoms with Gasteiger partial charge in [0.15, 0.2) is 5.78 Å². The molecule has 0 aliphatic rings. The minimum Gasteiger partial charge on any atom is -0.469 e. The van der Waals surface area contributed by atoms with Crippen LogP contribution in [0.1, 0.15) is 16.8 Å². The van der Waals surface area contributed by atoms with Crippen LogP contribution in [0.25, 0.3) is 0 Å². The Hall–Kier alpha value is -1.65. The van der Waals surface area contributed by atoms with E-state index in [4.69, 9.17) is 0 Å². The lowest BCUT2D eigenvalue weighted by Gasteiger charge is -1.94. The third-order valence-electron chi connectivity index (χ3n) is 1.29. The number of aromatic nitrogens is 1. The van der Waals surface area contributed by atoms with E-state index in [0.29, 0.717) is 0 Å². The lowest BCUT2D eigenvalue weighted by molar-refractivity contribution is -0.139. The van der Waals surface area contributed by atoms with E-state index in [-0.39, 0.29) is 17.8 Å². The standard InChI is InChI=1S/C7H7NO4/c1-11-7(10)2-6(9)5-3-8-12-4-5/h3-4H,2H2,1H3. The van der Waals surface area contributed by atoms with E-state index in [1.807, 2.05) is 0 Å². The fourth-order valence-electron chi connectivity index (χ4n) is 0.648. The molecule has 0 amide bonds. The third kappa shape index (κ3) is 1.91. The van der Waals surface area contributed by atoms with Gasteiger partial charge < -0.3 is 9.26 Å². The van der Waals surface area contributed by atoms with Crippen LogP contribution in [-0.4, -0.2) is 24.0 Å². The summed E-state index contributed by atoms with van der Waals surface area (Å²) >= 11 is 0. The average Bonchev–Trinajstić information content (AvgIpc) is 2.56. The lowest BCUT2D eigenvalue weighted by atomic mass is 10.2. The summed E-state index contributed by atoms with van der Waals surface area (Å²) in [4.78, 5) is 21.7. The molecule has 0 fully saturated rings. The Kier molecular flexibility index (Phi) is 2.57. The highest BCUT2D eigenvalue weighted by molar-refractivity contribution is 6.05. The van der Waals surface area contributed by atoms with Crippen molar-refractivity contribution in [1.82, 2.24) is 5.16 Å². The minimum absolute atomic E-state index is 0.278. The first-order valence-electron chi connectivity index (χ1n) is 3.23. The van der Waals surface area contributed by atoms with E-state index in [1.165, 1.54) is 19.6 Å². The van der Waals surface area contributed by atoms with Gasteiger partial charge in [0.25, 0.3) is 0 Å². The first-order chi connectivity index (χ1) is 5.74. The van der Waals surface area contributed by atoms with Crippen molar-refractivity contribution >= 4 is 11.8 Å². The molecule has 0 aliphatic heterocycles. The summed E-state index contributed by atoms with van der Waals surface area (Å²) in [6.45, 7) is 0. The summed E-state index contributed by atoms with van der Waals surface area (Å²) in [6, 6.07) is 0. The number of carbonyl (C=O) groups excluding carboxylic acids is 2. The van der Waals surface area contributed by atoms with Crippen molar-refractivity contribution in [2.24, 2.45) is 0 Å². The molecule has 0 atom stereocenters. The highest BCUT2D eigenvalue weighted by atomic mass is 16.5. The molecule has 12 heavy (non-hydrogen) atoms. The van der Waals surface area contributed by atoms with Crippen LogP contribution in [0.2, 0.25) is 0 Å². The number of carbonyl (C=O) groups is 2. The molecule has 0 radical (unpaired) electrons. The van der Waals surface area contributed by atoms with Gasteiger partial charge in [0.1, 0.15) is 12.7 Å².